The van der Waals surface area contributed by atoms with Gasteiger partial charge in [0.15, 0.2) is 0 Å². The number of carbonyl (C=O) groups is 1. The van der Waals surface area contributed by atoms with Crippen molar-refractivity contribution in [2.75, 3.05) is 5.73 Å². The Morgan fingerprint density at radius 2 is 1.68 bits per heavy atom. The Hall–Kier alpha value is -3.31. The molecular formula is C23H19N3OS. The fraction of sp³-hybridized carbons (Fsp3) is 0.0435. The number of carbonyl (C=O) groups excluding carboxylic acids is 1. The molecule has 0 bridgehead atoms. The smallest absolute Gasteiger partial charge is 0.249 e. The quantitative estimate of drug-likeness (QED) is 0.379. The fourth-order valence-corrected chi connectivity index (χ4v) is 3.97. The summed E-state index contributed by atoms with van der Waals surface area (Å²) in [5.41, 5.74) is 16.4. The first-order valence-corrected chi connectivity index (χ1v) is 9.86. The lowest BCUT2D eigenvalue weighted by Crippen LogP contribution is -2.13. The zero-order valence-electron chi connectivity index (χ0n) is 15.1. The molecule has 0 radical (unpaired) electrons. The minimum absolute atomic E-state index is 0.464. The first-order chi connectivity index (χ1) is 13.6. The summed E-state index contributed by atoms with van der Waals surface area (Å²) in [6.07, 6.45) is 0. The van der Waals surface area contributed by atoms with E-state index >= 15 is 0 Å². The lowest BCUT2D eigenvalue weighted by molar-refractivity contribution is 0.100. The number of anilines is 1. The van der Waals surface area contributed by atoms with Crippen LogP contribution in [0, 0.1) is 0 Å². The number of para-hydroxylation sites is 2. The van der Waals surface area contributed by atoms with Crippen molar-refractivity contribution in [2.45, 2.75) is 10.8 Å². The van der Waals surface area contributed by atoms with Crippen LogP contribution in [0.25, 0.3) is 22.0 Å². The van der Waals surface area contributed by atoms with Crippen LogP contribution in [-0.2, 0) is 5.75 Å². The fourth-order valence-electron chi connectivity index (χ4n) is 3.15. The molecule has 0 aliphatic carbocycles. The number of nitrogens with two attached hydrogens (primary N) is 2. The van der Waals surface area contributed by atoms with Gasteiger partial charge in [-0.1, -0.05) is 48.5 Å². The molecule has 5 heteroatoms. The molecule has 3 aromatic carbocycles. The van der Waals surface area contributed by atoms with Gasteiger partial charge in [0.25, 0.3) is 0 Å². The van der Waals surface area contributed by atoms with Crippen LogP contribution in [-0.4, -0.2) is 10.9 Å². The van der Waals surface area contributed by atoms with Crippen LogP contribution < -0.4 is 11.5 Å². The average Bonchev–Trinajstić information content (AvgIpc) is 2.72. The molecular weight excluding hydrogens is 366 g/mol. The van der Waals surface area contributed by atoms with E-state index in [9.17, 15) is 4.79 Å². The van der Waals surface area contributed by atoms with Gasteiger partial charge in [-0.25, -0.2) is 4.98 Å². The van der Waals surface area contributed by atoms with E-state index in [2.05, 4.69) is 12.1 Å². The molecule has 0 saturated carbocycles. The molecule has 0 atom stereocenters. The molecule has 0 spiro atoms. The van der Waals surface area contributed by atoms with Crippen LogP contribution in [0.2, 0.25) is 0 Å². The van der Waals surface area contributed by atoms with Crippen LogP contribution in [0.4, 0.5) is 5.69 Å². The summed E-state index contributed by atoms with van der Waals surface area (Å²) in [5, 5.41) is 2.08. The first kappa shape index (κ1) is 18.1. The molecule has 1 heterocycles. The molecule has 4 nitrogen and oxygen atoms in total. The van der Waals surface area contributed by atoms with Gasteiger partial charge in [0.1, 0.15) is 0 Å². The highest BCUT2D eigenvalue weighted by molar-refractivity contribution is 7.98. The number of fused-ring (bicyclic) bond motifs is 1. The molecule has 4 rings (SSSR count). The van der Waals surface area contributed by atoms with E-state index in [4.69, 9.17) is 16.5 Å². The summed E-state index contributed by atoms with van der Waals surface area (Å²) in [6.45, 7) is 0. The molecule has 138 valence electrons. The van der Waals surface area contributed by atoms with Crippen LogP contribution in [0.5, 0.6) is 0 Å². The standard InChI is InChI=1S/C23H19N3OS/c24-20-7-3-2-6-17(20)19-13-15(9-11-18(19)23(25)27)14-28-22-12-10-16-5-1-4-8-21(16)26-22/h1-13H,14,24H2,(H2,25,27). The number of nitrogens with zero attached hydrogens (tertiary/aromatic N) is 1. The molecule has 0 aliphatic rings. The van der Waals surface area contributed by atoms with E-state index in [0.717, 1.165) is 38.4 Å². The van der Waals surface area contributed by atoms with E-state index in [1.54, 1.807) is 17.8 Å². The summed E-state index contributed by atoms with van der Waals surface area (Å²) in [6, 6.07) is 25.3. The third kappa shape index (κ3) is 3.70. The minimum Gasteiger partial charge on any atom is -0.398 e. The highest BCUT2D eigenvalue weighted by Gasteiger charge is 2.13. The first-order valence-electron chi connectivity index (χ1n) is 8.88. The van der Waals surface area contributed by atoms with Crippen molar-refractivity contribution in [1.82, 2.24) is 4.98 Å². The van der Waals surface area contributed by atoms with Crippen LogP contribution in [0.1, 0.15) is 15.9 Å². The van der Waals surface area contributed by atoms with Gasteiger partial charge < -0.3 is 11.5 Å². The molecule has 0 aliphatic heterocycles. The number of amides is 1. The van der Waals surface area contributed by atoms with E-state index < -0.39 is 5.91 Å². The van der Waals surface area contributed by atoms with Gasteiger partial charge in [-0.05, 0) is 41.5 Å². The van der Waals surface area contributed by atoms with Crippen molar-refractivity contribution >= 4 is 34.3 Å². The summed E-state index contributed by atoms with van der Waals surface area (Å²) in [4.78, 5) is 16.6. The topological polar surface area (TPSA) is 82.0 Å². The minimum atomic E-state index is -0.464. The van der Waals surface area contributed by atoms with Crippen molar-refractivity contribution in [3.8, 4) is 11.1 Å². The van der Waals surface area contributed by atoms with Gasteiger partial charge in [0.05, 0.1) is 10.5 Å². The Labute approximate surface area is 167 Å². The molecule has 1 amide bonds. The number of benzene rings is 3. The van der Waals surface area contributed by atoms with Gasteiger partial charge in [0.2, 0.25) is 5.91 Å². The Morgan fingerprint density at radius 3 is 2.50 bits per heavy atom. The third-order valence-electron chi connectivity index (χ3n) is 4.56. The second kappa shape index (κ2) is 7.74. The number of aromatic nitrogens is 1. The van der Waals surface area contributed by atoms with Crippen LogP contribution in [0.3, 0.4) is 0 Å². The normalized spacial score (nSPS) is 10.9. The third-order valence-corrected chi connectivity index (χ3v) is 5.56. The maximum atomic E-state index is 11.9. The summed E-state index contributed by atoms with van der Waals surface area (Å²) < 4.78 is 0. The number of nitrogen functional groups attached to an aromatic ring is 1. The lowest BCUT2D eigenvalue weighted by atomic mass is 9.96. The molecule has 0 saturated heterocycles. The second-order valence-electron chi connectivity index (χ2n) is 6.46. The van der Waals surface area contributed by atoms with Crippen molar-refractivity contribution in [3.63, 3.8) is 0 Å². The SMILES string of the molecule is NC(=O)c1ccc(CSc2ccc3ccccc3n2)cc1-c1ccccc1N. The molecule has 4 N–H and O–H groups in total. The van der Waals surface area contributed by atoms with Crippen molar-refractivity contribution < 1.29 is 4.79 Å². The van der Waals surface area contributed by atoms with Crippen molar-refractivity contribution in [3.05, 3.63) is 90.0 Å². The Bertz CT molecular complexity index is 1170. The molecule has 0 unspecified atom stereocenters. The van der Waals surface area contributed by atoms with E-state index in [1.165, 1.54) is 0 Å². The Morgan fingerprint density at radius 1 is 0.893 bits per heavy atom. The molecule has 28 heavy (non-hydrogen) atoms. The number of rotatable bonds is 5. The second-order valence-corrected chi connectivity index (χ2v) is 7.46. The predicted molar refractivity (Wildman–Crippen MR) is 116 cm³/mol. The van der Waals surface area contributed by atoms with E-state index in [0.29, 0.717) is 11.3 Å². The van der Waals surface area contributed by atoms with Gasteiger partial charge in [-0.15, -0.1) is 11.8 Å². The highest BCUT2D eigenvalue weighted by Crippen LogP contribution is 2.31. The summed E-state index contributed by atoms with van der Waals surface area (Å²) in [7, 11) is 0. The van der Waals surface area contributed by atoms with Gasteiger partial charge >= 0.3 is 0 Å². The Kier molecular flexibility index (Phi) is 5.00. The number of hydrogen-bond acceptors (Lipinski definition) is 4. The number of primary amides is 1. The predicted octanol–water partition coefficient (Wildman–Crippen LogP) is 4.88. The monoisotopic (exact) mass is 385 g/mol. The van der Waals surface area contributed by atoms with Gasteiger partial charge in [0, 0.05) is 28.0 Å². The average molecular weight is 385 g/mol. The van der Waals surface area contributed by atoms with E-state index in [-0.39, 0.29) is 0 Å². The Balaban J connectivity index is 1.63. The van der Waals surface area contributed by atoms with Crippen LogP contribution >= 0.6 is 11.8 Å². The maximum Gasteiger partial charge on any atom is 0.249 e. The van der Waals surface area contributed by atoms with Crippen molar-refractivity contribution in [1.29, 1.82) is 0 Å². The zero-order valence-corrected chi connectivity index (χ0v) is 15.9. The van der Waals surface area contributed by atoms with Gasteiger partial charge in [-0.2, -0.15) is 0 Å². The molecule has 4 aromatic rings. The molecule has 0 fully saturated rings. The largest absolute Gasteiger partial charge is 0.398 e. The molecule has 1 aromatic heterocycles. The number of thioether (sulfide) groups is 1. The zero-order chi connectivity index (χ0) is 19.5. The highest BCUT2D eigenvalue weighted by atomic mass is 32.2. The van der Waals surface area contributed by atoms with Crippen LogP contribution in [0.15, 0.2) is 83.9 Å². The van der Waals surface area contributed by atoms with Gasteiger partial charge in [-0.3, -0.25) is 4.79 Å². The van der Waals surface area contributed by atoms with Crippen molar-refractivity contribution in [2.24, 2.45) is 5.73 Å². The number of hydrogen-bond donors (Lipinski definition) is 2. The van der Waals surface area contributed by atoms with E-state index in [1.807, 2.05) is 60.7 Å². The summed E-state index contributed by atoms with van der Waals surface area (Å²) in [5.74, 6) is 0.262. The maximum absolute atomic E-state index is 11.9. The summed E-state index contributed by atoms with van der Waals surface area (Å²) >= 11 is 1.65. The lowest BCUT2D eigenvalue weighted by Gasteiger charge is -2.12. The number of pyridine rings is 1.